The van der Waals surface area contributed by atoms with Crippen LogP contribution < -0.4 is 5.32 Å². The summed E-state index contributed by atoms with van der Waals surface area (Å²) in [7, 11) is 0. The van der Waals surface area contributed by atoms with Crippen LogP contribution in [0.4, 0.5) is 4.39 Å². The van der Waals surface area contributed by atoms with Gasteiger partial charge in [-0.15, -0.1) is 0 Å². The van der Waals surface area contributed by atoms with Gasteiger partial charge in [-0.2, -0.15) is 0 Å². The van der Waals surface area contributed by atoms with Gasteiger partial charge in [0.1, 0.15) is 11.9 Å². The Kier molecular flexibility index (Phi) is 6.13. The summed E-state index contributed by atoms with van der Waals surface area (Å²) in [5.41, 5.74) is 0.737. The Balaban J connectivity index is 1.96. The summed E-state index contributed by atoms with van der Waals surface area (Å²) in [6.07, 6.45) is 2.85. The molecule has 2 rings (SSSR count). The molecule has 1 saturated heterocycles. The van der Waals surface area contributed by atoms with Gasteiger partial charge in [0.05, 0.1) is 6.42 Å². The van der Waals surface area contributed by atoms with Crippen molar-refractivity contribution < 1.29 is 14.0 Å². The van der Waals surface area contributed by atoms with E-state index in [1.807, 2.05) is 18.7 Å². The molecule has 0 spiro atoms. The number of hydrogen-bond donors (Lipinski definition) is 1. The average molecular weight is 320 g/mol. The fourth-order valence-corrected chi connectivity index (χ4v) is 2.88. The number of benzene rings is 1. The Hall–Kier alpha value is -1.91. The molecule has 0 aliphatic carbocycles. The van der Waals surface area contributed by atoms with E-state index in [-0.39, 0.29) is 24.1 Å². The Morgan fingerprint density at radius 3 is 2.35 bits per heavy atom. The number of carbonyl (C=O) groups excluding carboxylic acids is 2. The highest BCUT2D eigenvalue weighted by atomic mass is 19.1. The second-order valence-electron chi connectivity index (χ2n) is 6.59. The maximum absolute atomic E-state index is 12.9. The number of likely N-dealkylation sites (tertiary alicyclic amines) is 1. The van der Waals surface area contributed by atoms with Crippen LogP contribution in [-0.4, -0.2) is 35.8 Å². The highest BCUT2D eigenvalue weighted by molar-refractivity contribution is 5.88. The molecule has 1 heterocycles. The van der Waals surface area contributed by atoms with Crippen LogP contribution in [0.2, 0.25) is 0 Å². The molecule has 0 bridgehead atoms. The number of carbonyl (C=O) groups is 2. The second-order valence-corrected chi connectivity index (χ2v) is 6.59. The third-order valence-corrected chi connectivity index (χ3v) is 4.04. The maximum atomic E-state index is 12.9. The molecule has 1 aromatic rings. The molecule has 2 amide bonds. The third-order valence-electron chi connectivity index (χ3n) is 4.04. The minimum Gasteiger partial charge on any atom is -0.344 e. The first-order valence-corrected chi connectivity index (χ1v) is 8.28. The van der Waals surface area contributed by atoms with Gasteiger partial charge < -0.3 is 10.2 Å². The number of rotatable bonds is 6. The van der Waals surface area contributed by atoms with Crippen LogP contribution in [0.15, 0.2) is 24.3 Å². The van der Waals surface area contributed by atoms with Crippen molar-refractivity contribution in [3.05, 3.63) is 35.6 Å². The molecule has 23 heavy (non-hydrogen) atoms. The first kappa shape index (κ1) is 17.4. The van der Waals surface area contributed by atoms with E-state index >= 15 is 0 Å². The van der Waals surface area contributed by atoms with Crippen molar-refractivity contribution >= 4 is 11.8 Å². The van der Waals surface area contributed by atoms with Gasteiger partial charge in [-0.1, -0.05) is 26.0 Å². The average Bonchev–Trinajstić information content (AvgIpc) is 3.02. The van der Waals surface area contributed by atoms with Crippen molar-refractivity contribution in [3.63, 3.8) is 0 Å². The van der Waals surface area contributed by atoms with Crippen molar-refractivity contribution in [1.82, 2.24) is 10.2 Å². The molecule has 0 radical (unpaired) electrons. The third kappa shape index (κ3) is 5.34. The molecule has 0 aromatic heterocycles. The van der Waals surface area contributed by atoms with E-state index in [0.717, 1.165) is 31.5 Å². The largest absolute Gasteiger partial charge is 0.344 e. The zero-order valence-corrected chi connectivity index (χ0v) is 13.8. The van der Waals surface area contributed by atoms with Gasteiger partial charge in [-0.3, -0.25) is 9.59 Å². The van der Waals surface area contributed by atoms with Crippen LogP contribution in [-0.2, 0) is 16.0 Å². The summed E-state index contributed by atoms with van der Waals surface area (Å²) >= 11 is 0. The van der Waals surface area contributed by atoms with Gasteiger partial charge in [-0.25, -0.2) is 4.39 Å². The molecule has 0 unspecified atom stereocenters. The van der Waals surface area contributed by atoms with Gasteiger partial charge in [0.25, 0.3) is 0 Å². The topological polar surface area (TPSA) is 49.4 Å². The van der Waals surface area contributed by atoms with Crippen molar-refractivity contribution in [1.29, 1.82) is 0 Å². The van der Waals surface area contributed by atoms with E-state index in [0.29, 0.717) is 12.3 Å². The summed E-state index contributed by atoms with van der Waals surface area (Å²) in [5.74, 6) is -0.188. The normalized spacial score (nSPS) is 15.7. The van der Waals surface area contributed by atoms with Crippen LogP contribution >= 0.6 is 0 Å². The highest BCUT2D eigenvalue weighted by Gasteiger charge is 2.28. The zero-order valence-electron chi connectivity index (χ0n) is 13.8. The van der Waals surface area contributed by atoms with E-state index in [9.17, 15) is 14.0 Å². The fraction of sp³-hybridized carbons (Fsp3) is 0.556. The van der Waals surface area contributed by atoms with Crippen molar-refractivity contribution in [2.24, 2.45) is 5.92 Å². The molecular weight excluding hydrogens is 295 g/mol. The molecule has 1 aliphatic rings. The fourth-order valence-electron chi connectivity index (χ4n) is 2.88. The van der Waals surface area contributed by atoms with Crippen LogP contribution in [0, 0.1) is 11.7 Å². The monoisotopic (exact) mass is 320 g/mol. The predicted molar refractivity (Wildman–Crippen MR) is 87.3 cm³/mol. The molecule has 4 nitrogen and oxygen atoms in total. The van der Waals surface area contributed by atoms with E-state index in [2.05, 4.69) is 5.32 Å². The molecule has 1 aromatic carbocycles. The summed E-state index contributed by atoms with van der Waals surface area (Å²) in [4.78, 5) is 26.6. The highest BCUT2D eigenvalue weighted by Crippen LogP contribution is 2.14. The summed E-state index contributed by atoms with van der Waals surface area (Å²) < 4.78 is 12.9. The van der Waals surface area contributed by atoms with Gasteiger partial charge in [-0.05, 0) is 42.9 Å². The molecule has 5 heteroatoms. The molecule has 0 saturated carbocycles. The van der Waals surface area contributed by atoms with Gasteiger partial charge in [0.15, 0.2) is 0 Å². The predicted octanol–water partition coefficient (Wildman–Crippen LogP) is 2.52. The molecule has 1 aliphatic heterocycles. The lowest BCUT2D eigenvalue weighted by Crippen LogP contribution is -2.48. The van der Waals surface area contributed by atoms with Crippen LogP contribution in [0.25, 0.3) is 0 Å². The summed E-state index contributed by atoms with van der Waals surface area (Å²) in [6, 6.07) is 5.39. The van der Waals surface area contributed by atoms with Crippen molar-refractivity contribution in [2.45, 2.75) is 45.6 Å². The summed E-state index contributed by atoms with van der Waals surface area (Å²) in [6.45, 7) is 5.63. The number of halogens is 1. The molecule has 1 atom stereocenters. The first-order valence-electron chi connectivity index (χ1n) is 8.28. The van der Waals surface area contributed by atoms with Crippen LogP contribution in [0.5, 0.6) is 0 Å². The van der Waals surface area contributed by atoms with Gasteiger partial charge in [0.2, 0.25) is 11.8 Å². The van der Waals surface area contributed by atoms with Gasteiger partial charge >= 0.3 is 0 Å². The quantitative estimate of drug-likeness (QED) is 0.875. The van der Waals surface area contributed by atoms with E-state index in [1.54, 1.807) is 12.1 Å². The smallest absolute Gasteiger partial charge is 0.245 e. The Bertz CT molecular complexity index is 536. The minimum absolute atomic E-state index is 0.0173. The molecule has 126 valence electrons. The van der Waals surface area contributed by atoms with Crippen LogP contribution in [0.1, 0.15) is 38.7 Å². The first-order chi connectivity index (χ1) is 11.0. The number of nitrogens with zero attached hydrogens (tertiary/aromatic N) is 1. The SMILES string of the molecule is CC(C)C[C@@H](NC(=O)Cc1ccc(F)cc1)C(=O)N1CCCC1. The molecular formula is C18H25FN2O2. The standard InChI is InChI=1S/C18H25FN2O2/c1-13(2)11-16(18(23)21-9-3-4-10-21)20-17(22)12-14-5-7-15(19)8-6-14/h5-8,13,16H,3-4,9-12H2,1-2H3,(H,20,22)/t16-/m1/s1. The van der Waals surface area contributed by atoms with Crippen LogP contribution in [0.3, 0.4) is 0 Å². The minimum atomic E-state index is -0.471. The van der Waals surface area contributed by atoms with E-state index in [1.165, 1.54) is 12.1 Å². The second kappa shape index (κ2) is 8.09. The summed E-state index contributed by atoms with van der Waals surface area (Å²) in [5, 5.41) is 2.86. The Morgan fingerprint density at radius 1 is 1.17 bits per heavy atom. The van der Waals surface area contributed by atoms with Gasteiger partial charge in [0, 0.05) is 13.1 Å². The maximum Gasteiger partial charge on any atom is 0.245 e. The number of amides is 2. The number of hydrogen-bond acceptors (Lipinski definition) is 2. The van der Waals surface area contributed by atoms with Crippen molar-refractivity contribution in [3.8, 4) is 0 Å². The zero-order chi connectivity index (χ0) is 16.8. The Labute approximate surface area is 137 Å². The molecule has 1 fully saturated rings. The lowest BCUT2D eigenvalue weighted by atomic mass is 10.0. The van der Waals surface area contributed by atoms with Crippen molar-refractivity contribution in [2.75, 3.05) is 13.1 Å². The Morgan fingerprint density at radius 2 is 1.78 bits per heavy atom. The van der Waals surface area contributed by atoms with E-state index in [4.69, 9.17) is 0 Å². The molecule has 1 N–H and O–H groups in total. The van der Waals surface area contributed by atoms with E-state index < -0.39 is 6.04 Å². The lowest BCUT2D eigenvalue weighted by molar-refractivity contribution is -0.135. The lowest BCUT2D eigenvalue weighted by Gasteiger charge is -2.25. The number of nitrogens with one attached hydrogen (secondary N) is 1.